The Morgan fingerprint density at radius 2 is 2.00 bits per heavy atom. The van der Waals surface area contributed by atoms with Crippen molar-refractivity contribution in [1.29, 1.82) is 5.26 Å². The van der Waals surface area contributed by atoms with Gasteiger partial charge in [0.05, 0.1) is 11.5 Å². The zero-order valence-corrected chi connectivity index (χ0v) is 12.0. The van der Waals surface area contributed by atoms with Gasteiger partial charge in [-0.3, -0.25) is 4.79 Å². The number of nitrogens with zero attached hydrogens (tertiary/aromatic N) is 1. The molecule has 0 heterocycles. The lowest BCUT2D eigenvalue weighted by Gasteiger charge is -2.39. The number of Topliss-reactive ketones (excluding diaryl/α,β-unsaturated/α-hetero) is 1. The zero-order valence-electron chi connectivity index (χ0n) is 12.0. The molecule has 21 heavy (non-hydrogen) atoms. The van der Waals surface area contributed by atoms with Crippen molar-refractivity contribution in [2.45, 2.75) is 31.1 Å². The number of benzene rings is 1. The van der Waals surface area contributed by atoms with Crippen LogP contribution in [0.25, 0.3) is 0 Å². The number of rotatable bonds is 3. The number of ketones is 1. The van der Waals surface area contributed by atoms with Crippen molar-refractivity contribution >= 4 is 5.78 Å². The molecule has 0 N–H and O–H groups in total. The van der Waals surface area contributed by atoms with E-state index in [1.165, 1.54) is 0 Å². The highest BCUT2D eigenvalue weighted by atomic mass is 16.1. The number of nitriles is 1. The van der Waals surface area contributed by atoms with Gasteiger partial charge in [0.2, 0.25) is 0 Å². The average molecular weight is 277 g/mol. The third-order valence-corrected chi connectivity index (χ3v) is 4.89. The second-order valence-corrected chi connectivity index (χ2v) is 5.98. The van der Waals surface area contributed by atoms with Crippen molar-refractivity contribution in [1.82, 2.24) is 0 Å². The van der Waals surface area contributed by atoms with E-state index in [1.54, 1.807) is 0 Å². The van der Waals surface area contributed by atoms with E-state index in [4.69, 9.17) is 0 Å². The summed E-state index contributed by atoms with van der Waals surface area (Å²) in [6.45, 7) is 0. The first-order chi connectivity index (χ1) is 10.3. The summed E-state index contributed by atoms with van der Waals surface area (Å²) in [6, 6.07) is 12.7. The molecular formula is C19H19NO. The summed E-state index contributed by atoms with van der Waals surface area (Å²) in [7, 11) is 0. The molecule has 0 radical (unpaired) electrons. The molecule has 0 bridgehead atoms. The van der Waals surface area contributed by atoms with Gasteiger partial charge in [-0.05, 0) is 24.3 Å². The summed E-state index contributed by atoms with van der Waals surface area (Å²) in [6.07, 6.45) is 11.2. The molecule has 0 amide bonds. The van der Waals surface area contributed by atoms with E-state index in [2.05, 4.69) is 18.2 Å². The van der Waals surface area contributed by atoms with Crippen molar-refractivity contribution < 1.29 is 4.79 Å². The number of hydrogen-bond acceptors (Lipinski definition) is 2. The van der Waals surface area contributed by atoms with Crippen LogP contribution in [-0.4, -0.2) is 5.78 Å². The molecule has 2 aliphatic rings. The van der Waals surface area contributed by atoms with E-state index in [-0.39, 0.29) is 11.8 Å². The summed E-state index contributed by atoms with van der Waals surface area (Å²) in [5, 5.41) is 10.1. The topological polar surface area (TPSA) is 40.9 Å². The minimum Gasteiger partial charge on any atom is -0.300 e. The molecule has 1 saturated carbocycles. The highest BCUT2D eigenvalue weighted by molar-refractivity contribution is 5.81. The molecule has 3 unspecified atom stereocenters. The molecule has 3 atom stereocenters. The van der Waals surface area contributed by atoms with Gasteiger partial charge in [-0.25, -0.2) is 0 Å². The molecule has 0 saturated heterocycles. The second kappa shape index (κ2) is 5.69. The van der Waals surface area contributed by atoms with E-state index in [0.29, 0.717) is 18.6 Å². The minimum atomic E-state index is -0.589. The van der Waals surface area contributed by atoms with E-state index >= 15 is 0 Å². The Balaban J connectivity index is 2.09. The Morgan fingerprint density at radius 3 is 2.57 bits per heavy atom. The maximum atomic E-state index is 11.8. The summed E-state index contributed by atoms with van der Waals surface area (Å²) < 4.78 is 0. The Morgan fingerprint density at radius 1 is 1.19 bits per heavy atom. The summed E-state index contributed by atoms with van der Waals surface area (Å²) in [4.78, 5) is 11.8. The van der Waals surface area contributed by atoms with Crippen LogP contribution >= 0.6 is 0 Å². The third kappa shape index (κ3) is 2.34. The van der Waals surface area contributed by atoms with Crippen LogP contribution in [0.15, 0.2) is 54.6 Å². The minimum absolute atomic E-state index is 0.124. The normalized spacial score (nSPS) is 27.3. The first-order valence-corrected chi connectivity index (χ1v) is 7.59. The molecule has 2 aliphatic carbocycles. The maximum absolute atomic E-state index is 11.8. The maximum Gasteiger partial charge on any atom is 0.133 e. The molecule has 1 fully saturated rings. The fourth-order valence-electron chi connectivity index (χ4n) is 3.83. The Kier molecular flexibility index (Phi) is 3.75. The molecular weight excluding hydrogens is 258 g/mol. The first kappa shape index (κ1) is 13.8. The van der Waals surface area contributed by atoms with Crippen LogP contribution in [0.3, 0.4) is 0 Å². The van der Waals surface area contributed by atoms with Crippen LogP contribution in [0.2, 0.25) is 0 Å². The monoisotopic (exact) mass is 277 g/mol. The van der Waals surface area contributed by atoms with Crippen LogP contribution in [0, 0.1) is 23.2 Å². The number of allylic oxidation sites excluding steroid dienone is 4. The fraction of sp³-hybridized carbons (Fsp3) is 0.368. The molecule has 1 aromatic rings. The van der Waals surface area contributed by atoms with Gasteiger partial charge in [0.25, 0.3) is 0 Å². The second-order valence-electron chi connectivity index (χ2n) is 5.98. The van der Waals surface area contributed by atoms with E-state index in [0.717, 1.165) is 18.4 Å². The van der Waals surface area contributed by atoms with Gasteiger partial charge in [0.1, 0.15) is 5.78 Å². The Bertz CT molecular complexity index is 623. The van der Waals surface area contributed by atoms with Gasteiger partial charge in [0.15, 0.2) is 0 Å². The van der Waals surface area contributed by atoms with Gasteiger partial charge in [-0.2, -0.15) is 5.26 Å². The standard InChI is InChI=1S/C19H19NO/c20-14-19(15-7-3-1-4-8-15,16-9-5-2-6-10-16)17-11-12-18(21)13-17/h1-9,16-17H,10-13H2. The van der Waals surface area contributed by atoms with E-state index in [9.17, 15) is 10.1 Å². The smallest absolute Gasteiger partial charge is 0.133 e. The number of carbonyl (C=O) groups is 1. The quantitative estimate of drug-likeness (QED) is 0.839. The summed E-state index contributed by atoms with van der Waals surface area (Å²) in [5.74, 6) is 0.565. The predicted octanol–water partition coefficient (Wildman–Crippen LogP) is 3.95. The van der Waals surface area contributed by atoms with Crippen molar-refractivity contribution in [2.75, 3.05) is 0 Å². The highest BCUT2D eigenvalue weighted by Gasteiger charge is 2.48. The zero-order chi connectivity index (χ0) is 14.7. The van der Waals surface area contributed by atoms with Gasteiger partial charge in [-0.1, -0.05) is 54.6 Å². The molecule has 0 spiro atoms. The largest absolute Gasteiger partial charge is 0.300 e. The van der Waals surface area contributed by atoms with Gasteiger partial charge >= 0.3 is 0 Å². The Labute approximate surface area is 125 Å². The summed E-state index contributed by atoms with van der Waals surface area (Å²) >= 11 is 0. The van der Waals surface area contributed by atoms with Crippen LogP contribution in [0.5, 0.6) is 0 Å². The van der Waals surface area contributed by atoms with Crippen LogP contribution in [-0.2, 0) is 10.2 Å². The van der Waals surface area contributed by atoms with Crippen molar-refractivity contribution in [3.05, 3.63) is 60.2 Å². The van der Waals surface area contributed by atoms with Gasteiger partial charge < -0.3 is 0 Å². The first-order valence-electron chi connectivity index (χ1n) is 7.59. The third-order valence-electron chi connectivity index (χ3n) is 4.89. The SMILES string of the molecule is N#CC(c1ccccc1)(C1C=CC=CC1)C1CCC(=O)C1. The van der Waals surface area contributed by atoms with Crippen LogP contribution in [0.1, 0.15) is 31.2 Å². The van der Waals surface area contributed by atoms with Crippen molar-refractivity contribution in [2.24, 2.45) is 11.8 Å². The van der Waals surface area contributed by atoms with E-state index in [1.807, 2.05) is 42.5 Å². The van der Waals surface area contributed by atoms with Crippen LogP contribution < -0.4 is 0 Å². The van der Waals surface area contributed by atoms with E-state index < -0.39 is 5.41 Å². The molecule has 1 aromatic carbocycles. The Hall–Kier alpha value is -2.14. The highest BCUT2D eigenvalue weighted by Crippen LogP contribution is 2.48. The summed E-state index contributed by atoms with van der Waals surface area (Å²) in [5.41, 5.74) is 0.464. The fourth-order valence-corrected chi connectivity index (χ4v) is 3.83. The molecule has 0 aromatic heterocycles. The van der Waals surface area contributed by atoms with Crippen LogP contribution in [0.4, 0.5) is 0 Å². The lowest BCUT2D eigenvalue weighted by molar-refractivity contribution is -0.117. The van der Waals surface area contributed by atoms with Gasteiger partial charge in [0, 0.05) is 18.8 Å². The number of hydrogen-bond donors (Lipinski definition) is 0. The molecule has 2 nitrogen and oxygen atoms in total. The molecule has 2 heteroatoms. The predicted molar refractivity (Wildman–Crippen MR) is 82.5 cm³/mol. The molecule has 3 rings (SSSR count). The lowest BCUT2D eigenvalue weighted by atomic mass is 9.61. The number of carbonyl (C=O) groups excluding carboxylic acids is 1. The van der Waals surface area contributed by atoms with Crippen molar-refractivity contribution in [3.8, 4) is 6.07 Å². The average Bonchev–Trinajstić information content (AvgIpc) is 2.98. The molecule has 0 aliphatic heterocycles. The van der Waals surface area contributed by atoms with Gasteiger partial charge in [-0.15, -0.1) is 0 Å². The van der Waals surface area contributed by atoms with Crippen molar-refractivity contribution in [3.63, 3.8) is 0 Å². The lowest BCUT2D eigenvalue weighted by Crippen LogP contribution is -2.40. The molecule has 106 valence electrons.